The third kappa shape index (κ3) is 5.88. The van der Waals surface area contributed by atoms with Gasteiger partial charge in [-0.25, -0.2) is 0 Å². The van der Waals surface area contributed by atoms with E-state index < -0.39 is 7.26 Å². The van der Waals surface area contributed by atoms with Crippen LogP contribution in [-0.2, 0) is 0 Å². The Morgan fingerprint density at radius 3 is 2.00 bits per heavy atom. The van der Waals surface area contributed by atoms with E-state index in [1.54, 1.807) is 0 Å². The fraction of sp³-hybridized carbons (Fsp3) is 1.00. The van der Waals surface area contributed by atoms with E-state index >= 15 is 0 Å². The summed E-state index contributed by atoms with van der Waals surface area (Å²) in [5.74, 6) is 1.02. The zero-order valence-electron chi connectivity index (χ0n) is 11.5. The Morgan fingerprint density at radius 2 is 1.67 bits per heavy atom. The number of hydrogen-bond acceptors (Lipinski definition) is 1. The van der Waals surface area contributed by atoms with Crippen molar-refractivity contribution in [3.05, 3.63) is 0 Å². The molecule has 1 saturated carbocycles. The lowest BCUT2D eigenvalue weighted by atomic mass is 10.1. The van der Waals surface area contributed by atoms with Crippen molar-refractivity contribution in [1.29, 1.82) is 0 Å². The van der Waals surface area contributed by atoms with Crippen molar-refractivity contribution in [2.24, 2.45) is 5.92 Å². The van der Waals surface area contributed by atoms with Crippen LogP contribution in [0.4, 0.5) is 0 Å². The van der Waals surface area contributed by atoms with Crippen molar-refractivity contribution in [3.8, 4) is 0 Å². The quantitative estimate of drug-likeness (QED) is 0.654. The highest BCUT2D eigenvalue weighted by molar-refractivity contribution is 7.73. The molecular weight excluding hydrogens is 201 g/mol. The van der Waals surface area contributed by atoms with Crippen LogP contribution in [-0.4, -0.2) is 49.7 Å². The fourth-order valence-electron chi connectivity index (χ4n) is 1.73. The van der Waals surface area contributed by atoms with Gasteiger partial charge in [-0.15, -0.1) is 0 Å². The minimum absolute atomic E-state index is 0.359. The van der Waals surface area contributed by atoms with Gasteiger partial charge in [0.15, 0.2) is 0 Å². The smallest absolute Gasteiger partial charge is 0.0713 e. The molecule has 90 valence electrons. The second kappa shape index (κ2) is 4.72. The summed E-state index contributed by atoms with van der Waals surface area (Å²) in [6, 6.07) is 0. The number of hydrogen-bond donors (Lipinski definition) is 0. The molecule has 0 saturated heterocycles. The second-order valence-corrected chi connectivity index (χ2v) is 12.1. The minimum atomic E-state index is -0.604. The van der Waals surface area contributed by atoms with Gasteiger partial charge in [0.05, 0.1) is 6.16 Å². The zero-order chi connectivity index (χ0) is 11.7. The van der Waals surface area contributed by atoms with Gasteiger partial charge < -0.3 is 0 Å². The van der Waals surface area contributed by atoms with Gasteiger partial charge in [-0.2, -0.15) is 0 Å². The highest BCUT2D eigenvalue weighted by Crippen LogP contribution is 2.46. The van der Waals surface area contributed by atoms with Crippen molar-refractivity contribution in [1.82, 2.24) is 4.90 Å². The highest BCUT2D eigenvalue weighted by atomic mass is 31.2. The van der Waals surface area contributed by atoms with E-state index in [0.717, 1.165) is 5.92 Å². The third-order valence-electron chi connectivity index (χ3n) is 3.16. The lowest BCUT2D eigenvalue weighted by Gasteiger charge is -2.36. The SMILES string of the molecule is CC(C)(C)N(CC[P+](C)(C)C)CC1CC1. The van der Waals surface area contributed by atoms with Gasteiger partial charge in [0.2, 0.25) is 0 Å². The normalized spacial score (nSPS) is 18.6. The van der Waals surface area contributed by atoms with E-state index in [9.17, 15) is 0 Å². The summed E-state index contributed by atoms with van der Waals surface area (Å²) in [6.07, 6.45) is 4.35. The molecule has 0 N–H and O–H groups in total. The Bertz CT molecular complexity index is 196. The molecule has 0 radical (unpaired) electrons. The molecule has 1 aliphatic rings. The molecule has 0 aromatic carbocycles. The second-order valence-electron chi connectivity index (χ2n) is 7.07. The highest BCUT2D eigenvalue weighted by Gasteiger charge is 2.31. The van der Waals surface area contributed by atoms with Crippen molar-refractivity contribution in [2.75, 3.05) is 39.2 Å². The average molecular weight is 230 g/mol. The molecule has 0 bridgehead atoms. The molecule has 0 spiro atoms. The summed E-state index contributed by atoms with van der Waals surface area (Å²) >= 11 is 0. The van der Waals surface area contributed by atoms with Crippen molar-refractivity contribution >= 4 is 7.26 Å². The first kappa shape index (κ1) is 13.5. The molecule has 0 heterocycles. The monoisotopic (exact) mass is 230 g/mol. The Hall–Kier alpha value is 0.390. The predicted octanol–water partition coefficient (Wildman–Crippen LogP) is 3.40. The van der Waals surface area contributed by atoms with Crippen LogP contribution in [0.2, 0.25) is 0 Å². The van der Waals surface area contributed by atoms with E-state index in [0.29, 0.717) is 5.54 Å². The van der Waals surface area contributed by atoms with Crippen LogP contribution in [0, 0.1) is 5.92 Å². The summed E-state index contributed by atoms with van der Waals surface area (Å²) in [6.45, 7) is 17.1. The van der Waals surface area contributed by atoms with Crippen molar-refractivity contribution in [2.45, 2.75) is 39.2 Å². The molecule has 0 atom stereocenters. The Kier molecular flexibility index (Phi) is 4.23. The van der Waals surface area contributed by atoms with Gasteiger partial charge >= 0.3 is 0 Å². The van der Waals surface area contributed by atoms with E-state index in [-0.39, 0.29) is 0 Å². The maximum atomic E-state index is 2.70. The van der Waals surface area contributed by atoms with Crippen LogP contribution in [0.3, 0.4) is 0 Å². The number of rotatable bonds is 5. The molecule has 0 unspecified atom stereocenters. The molecule has 2 heteroatoms. The van der Waals surface area contributed by atoms with Crippen molar-refractivity contribution in [3.63, 3.8) is 0 Å². The van der Waals surface area contributed by atoms with Crippen LogP contribution in [0.15, 0.2) is 0 Å². The van der Waals surface area contributed by atoms with Crippen LogP contribution in [0.5, 0.6) is 0 Å². The summed E-state index contributed by atoms with van der Waals surface area (Å²) in [4.78, 5) is 2.70. The average Bonchev–Trinajstić information content (AvgIpc) is 2.76. The standard InChI is InChI=1S/C13H29NP/c1-13(2,3)14(11-12-7-8-12)9-10-15(4,5)6/h12H,7-11H2,1-6H3/q+1. The summed E-state index contributed by atoms with van der Waals surface area (Å²) < 4.78 is 0. The molecule has 1 aliphatic carbocycles. The molecule has 0 aromatic heterocycles. The molecule has 0 amide bonds. The summed E-state index contributed by atoms with van der Waals surface area (Å²) in [7, 11) is -0.604. The van der Waals surface area contributed by atoms with Crippen molar-refractivity contribution < 1.29 is 0 Å². The van der Waals surface area contributed by atoms with Gasteiger partial charge in [0.1, 0.15) is 0 Å². The topological polar surface area (TPSA) is 3.24 Å². The van der Waals surface area contributed by atoms with E-state index in [2.05, 4.69) is 45.7 Å². The van der Waals surface area contributed by atoms with Crippen LogP contribution in [0.1, 0.15) is 33.6 Å². The molecular formula is C13H29NP+. The maximum absolute atomic E-state index is 2.70. The number of nitrogens with zero attached hydrogens (tertiary/aromatic N) is 1. The lowest BCUT2D eigenvalue weighted by molar-refractivity contribution is 0.139. The minimum Gasteiger partial charge on any atom is -0.295 e. The first-order valence-corrected chi connectivity index (χ1v) is 9.55. The van der Waals surface area contributed by atoms with Gasteiger partial charge in [-0.05, 0) is 39.5 Å². The molecule has 15 heavy (non-hydrogen) atoms. The maximum Gasteiger partial charge on any atom is 0.0713 e. The van der Waals surface area contributed by atoms with Crippen LogP contribution < -0.4 is 0 Å². The van der Waals surface area contributed by atoms with Gasteiger partial charge in [-0.1, -0.05) is 0 Å². The van der Waals surface area contributed by atoms with Gasteiger partial charge in [-0.3, -0.25) is 4.90 Å². The van der Waals surface area contributed by atoms with E-state index in [1.807, 2.05) is 0 Å². The Morgan fingerprint density at radius 1 is 1.13 bits per heavy atom. The zero-order valence-corrected chi connectivity index (χ0v) is 12.4. The molecule has 1 rings (SSSR count). The van der Waals surface area contributed by atoms with E-state index in [1.165, 1.54) is 32.1 Å². The molecule has 1 fully saturated rings. The predicted molar refractivity (Wildman–Crippen MR) is 73.6 cm³/mol. The lowest BCUT2D eigenvalue weighted by Crippen LogP contribution is -2.44. The summed E-state index contributed by atoms with van der Waals surface area (Å²) in [5, 5.41) is 0. The fourth-order valence-corrected chi connectivity index (χ4v) is 2.57. The van der Waals surface area contributed by atoms with E-state index in [4.69, 9.17) is 0 Å². The Labute approximate surface area is 97.0 Å². The van der Waals surface area contributed by atoms with Crippen LogP contribution >= 0.6 is 7.26 Å². The van der Waals surface area contributed by atoms with Gasteiger partial charge in [0.25, 0.3) is 0 Å². The first-order valence-electron chi connectivity index (χ1n) is 6.24. The molecule has 1 nitrogen and oxygen atoms in total. The van der Waals surface area contributed by atoms with Gasteiger partial charge in [0, 0.05) is 45.9 Å². The third-order valence-corrected chi connectivity index (χ3v) is 4.71. The first-order chi connectivity index (χ1) is 6.68. The largest absolute Gasteiger partial charge is 0.295 e. The Balaban J connectivity index is 2.41. The molecule has 0 aromatic rings. The molecule has 0 aliphatic heterocycles. The van der Waals surface area contributed by atoms with Crippen LogP contribution in [0.25, 0.3) is 0 Å². The summed E-state index contributed by atoms with van der Waals surface area (Å²) in [5.41, 5.74) is 0.359.